The van der Waals surface area contributed by atoms with Crippen LogP contribution in [0.1, 0.15) is 5.56 Å². The molecule has 0 aliphatic heterocycles. The van der Waals surface area contributed by atoms with Crippen LogP contribution in [0.4, 0.5) is 5.69 Å². The minimum atomic E-state index is -3.62. The van der Waals surface area contributed by atoms with Gasteiger partial charge >= 0.3 is 0 Å². The molecule has 6 heteroatoms. The topological polar surface area (TPSA) is 55.4 Å². The fraction of sp³-hybridized carbons (Fsp3) is 0.0526. The Labute approximate surface area is 155 Å². The highest BCUT2D eigenvalue weighted by molar-refractivity contribution is 9.10. The monoisotopic (exact) mass is 417 g/mol. The predicted molar refractivity (Wildman–Crippen MR) is 103 cm³/mol. The van der Waals surface area contributed by atoms with Crippen LogP contribution in [-0.4, -0.2) is 8.42 Å². The summed E-state index contributed by atoms with van der Waals surface area (Å²) < 4.78 is 33.8. The van der Waals surface area contributed by atoms with Gasteiger partial charge in [0.1, 0.15) is 11.5 Å². The summed E-state index contributed by atoms with van der Waals surface area (Å²) in [6.45, 7) is 2.01. The predicted octanol–water partition coefficient (Wildman–Crippen LogP) is 5.35. The zero-order valence-corrected chi connectivity index (χ0v) is 15.8. The molecule has 0 heterocycles. The van der Waals surface area contributed by atoms with E-state index < -0.39 is 10.0 Å². The molecule has 128 valence electrons. The van der Waals surface area contributed by atoms with Gasteiger partial charge in [-0.05, 0) is 67.6 Å². The minimum Gasteiger partial charge on any atom is -0.457 e. The van der Waals surface area contributed by atoms with E-state index in [1.54, 1.807) is 48.5 Å². The summed E-state index contributed by atoms with van der Waals surface area (Å²) >= 11 is 3.29. The first-order chi connectivity index (χ1) is 11.9. The van der Waals surface area contributed by atoms with Crippen LogP contribution in [0.15, 0.2) is 82.2 Å². The number of sulfonamides is 1. The average molecular weight is 418 g/mol. The number of hydrogen-bond donors (Lipinski definition) is 1. The smallest absolute Gasteiger partial charge is 0.261 e. The first-order valence-electron chi connectivity index (χ1n) is 7.55. The maximum Gasteiger partial charge on any atom is 0.261 e. The third kappa shape index (κ3) is 4.61. The second-order valence-electron chi connectivity index (χ2n) is 5.50. The van der Waals surface area contributed by atoms with Gasteiger partial charge in [-0.3, -0.25) is 4.72 Å². The maximum atomic E-state index is 12.4. The van der Waals surface area contributed by atoms with Gasteiger partial charge in [0.25, 0.3) is 10.0 Å². The van der Waals surface area contributed by atoms with Crippen molar-refractivity contribution in [2.75, 3.05) is 4.72 Å². The van der Waals surface area contributed by atoms with E-state index in [9.17, 15) is 8.42 Å². The molecule has 0 bridgehead atoms. The summed E-state index contributed by atoms with van der Waals surface area (Å²) in [5.41, 5.74) is 1.63. The molecule has 0 saturated carbocycles. The fourth-order valence-electron chi connectivity index (χ4n) is 2.16. The SMILES string of the molecule is Cc1ccc(Oc2ccc(NS(=O)(=O)c3ccc(Br)cc3)cc2)cc1. The Balaban J connectivity index is 1.71. The van der Waals surface area contributed by atoms with Crippen molar-refractivity contribution in [3.8, 4) is 11.5 Å². The van der Waals surface area contributed by atoms with Crippen LogP contribution in [0.3, 0.4) is 0 Å². The van der Waals surface area contributed by atoms with Crippen molar-refractivity contribution >= 4 is 31.6 Å². The van der Waals surface area contributed by atoms with Gasteiger partial charge in [0.2, 0.25) is 0 Å². The van der Waals surface area contributed by atoms with Gasteiger partial charge in [0, 0.05) is 10.2 Å². The number of benzene rings is 3. The molecular formula is C19H16BrNO3S. The first-order valence-corrected chi connectivity index (χ1v) is 9.83. The van der Waals surface area contributed by atoms with Crippen LogP contribution >= 0.6 is 15.9 Å². The van der Waals surface area contributed by atoms with E-state index in [1.165, 1.54) is 0 Å². The van der Waals surface area contributed by atoms with Gasteiger partial charge in [-0.1, -0.05) is 33.6 Å². The molecule has 0 aromatic heterocycles. The van der Waals surface area contributed by atoms with E-state index in [1.807, 2.05) is 31.2 Å². The highest BCUT2D eigenvalue weighted by atomic mass is 79.9. The third-order valence-electron chi connectivity index (χ3n) is 3.49. The second kappa shape index (κ2) is 7.29. The number of rotatable bonds is 5. The third-order valence-corrected chi connectivity index (χ3v) is 5.41. The van der Waals surface area contributed by atoms with Crippen molar-refractivity contribution < 1.29 is 13.2 Å². The standard InChI is InChI=1S/C19H16BrNO3S/c1-14-2-8-17(9-3-14)24-18-10-6-16(7-11-18)21-25(22,23)19-12-4-15(20)5-13-19/h2-13,21H,1H3. The largest absolute Gasteiger partial charge is 0.457 e. The normalized spacial score (nSPS) is 11.1. The van der Waals surface area contributed by atoms with Crippen LogP contribution in [-0.2, 0) is 10.0 Å². The van der Waals surface area contributed by atoms with E-state index in [4.69, 9.17) is 4.74 Å². The lowest BCUT2D eigenvalue weighted by Crippen LogP contribution is -2.12. The highest BCUT2D eigenvalue weighted by Gasteiger charge is 2.13. The zero-order valence-electron chi connectivity index (χ0n) is 13.4. The van der Waals surface area contributed by atoms with Crippen molar-refractivity contribution in [1.29, 1.82) is 0 Å². The number of hydrogen-bond acceptors (Lipinski definition) is 3. The van der Waals surface area contributed by atoms with Gasteiger partial charge in [0.05, 0.1) is 4.90 Å². The molecule has 25 heavy (non-hydrogen) atoms. The number of anilines is 1. The number of ether oxygens (including phenoxy) is 1. The molecule has 0 aliphatic carbocycles. The summed E-state index contributed by atoms with van der Waals surface area (Å²) in [5.74, 6) is 1.37. The molecule has 3 rings (SSSR count). The van der Waals surface area contributed by atoms with Gasteiger partial charge in [-0.2, -0.15) is 0 Å². The van der Waals surface area contributed by atoms with E-state index in [0.717, 1.165) is 15.8 Å². The van der Waals surface area contributed by atoms with Crippen molar-refractivity contribution in [2.24, 2.45) is 0 Å². The van der Waals surface area contributed by atoms with Gasteiger partial charge < -0.3 is 4.74 Å². The van der Waals surface area contributed by atoms with Crippen LogP contribution in [0.5, 0.6) is 11.5 Å². The fourth-order valence-corrected chi connectivity index (χ4v) is 3.48. The Morgan fingerprint density at radius 2 is 1.32 bits per heavy atom. The summed E-state index contributed by atoms with van der Waals surface area (Å²) in [7, 11) is -3.62. The molecule has 0 aliphatic rings. The molecule has 0 saturated heterocycles. The Bertz CT molecular complexity index is 951. The molecule has 1 N–H and O–H groups in total. The van der Waals surface area contributed by atoms with Crippen molar-refractivity contribution in [1.82, 2.24) is 0 Å². The lowest BCUT2D eigenvalue weighted by atomic mass is 10.2. The number of aryl methyl sites for hydroxylation is 1. The number of halogens is 1. The van der Waals surface area contributed by atoms with Gasteiger partial charge in [-0.15, -0.1) is 0 Å². The van der Waals surface area contributed by atoms with Crippen LogP contribution in [0, 0.1) is 6.92 Å². The molecule has 0 radical (unpaired) electrons. The molecule has 0 atom stereocenters. The summed E-state index contributed by atoms with van der Waals surface area (Å²) in [5, 5.41) is 0. The zero-order chi connectivity index (χ0) is 17.9. The maximum absolute atomic E-state index is 12.4. The van der Waals surface area contributed by atoms with Gasteiger partial charge in [-0.25, -0.2) is 8.42 Å². The molecule has 4 nitrogen and oxygen atoms in total. The molecule has 3 aromatic rings. The quantitative estimate of drug-likeness (QED) is 0.608. The Morgan fingerprint density at radius 3 is 1.88 bits per heavy atom. The molecule has 0 amide bonds. The highest BCUT2D eigenvalue weighted by Crippen LogP contribution is 2.24. The second-order valence-corrected chi connectivity index (χ2v) is 8.10. The van der Waals surface area contributed by atoms with E-state index in [-0.39, 0.29) is 4.90 Å². The average Bonchev–Trinajstić information content (AvgIpc) is 2.59. The van der Waals surface area contributed by atoms with Crippen molar-refractivity contribution in [3.05, 3.63) is 82.8 Å². The Kier molecular flexibility index (Phi) is 5.11. The van der Waals surface area contributed by atoms with Crippen LogP contribution in [0.25, 0.3) is 0 Å². The summed E-state index contributed by atoms with van der Waals surface area (Å²) in [4.78, 5) is 0.204. The van der Waals surface area contributed by atoms with Crippen LogP contribution in [0.2, 0.25) is 0 Å². The van der Waals surface area contributed by atoms with E-state index in [0.29, 0.717) is 11.4 Å². The summed E-state index contributed by atoms with van der Waals surface area (Å²) in [6, 6.07) is 21.0. The van der Waals surface area contributed by atoms with Crippen molar-refractivity contribution in [2.45, 2.75) is 11.8 Å². The van der Waals surface area contributed by atoms with E-state index in [2.05, 4.69) is 20.7 Å². The minimum absolute atomic E-state index is 0.204. The van der Waals surface area contributed by atoms with E-state index >= 15 is 0 Å². The van der Waals surface area contributed by atoms with Crippen LogP contribution < -0.4 is 9.46 Å². The Hall–Kier alpha value is -2.31. The van der Waals surface area contributed by atoms with Crippen molar-refractivity contribution in [3.63, 3.8) is 0 Å². The number of nitrogens with one attached hydrogen (secondary N) is 1. The first kappa shape index (κ1) is 17.5. The Morgan fingerprint density at radius 1 is 0.800 bits per heavy atom. The summed E-state index contributed by atoms with van der Waals surface area (Å²) in [6.07, 6.45) is 0. The molecular weight excluding hydrogens is 402 g/mol. The molecule has 0 unspecified atom stereocenters. The van der Waals surface area contributed by atoms with Gasteiger partial charge in [0.15, 0.2) is 0 Å². The molecule has 3 aromatic carbocycles. The lowest BCUT2D eigenvalue weighted by molar-refractivity contribution is 0.482. The molecule has 0 spiro atoms. The lowest BCUT2D eigenvalue weighted by Gasteiger charge is -2.10. The molecule has 0 fully saturated rings.